The third-order valence-corrected chi connectivity index (χ3v) is 4.98. The predicted octanol–water partition coefficient (Wildman–Crippen LogP) is 4.47. The first-order chi connectivity index (χ1) is 13.4. The fraction of sp³-hybridized carbons (Fsp3) is 0.100. The Balaban J connectivity index is 1.75. The van der Waals surface area contributed by atoms with Gasteiger partial charge in [0.2, 0.25) is 11.3 Å². The molecular weight excluding hydrogens is 427 g/mol. The fourth-order valence-corrected chi connectivity index (χ4v) is 3.02. The summed E-state index contributed by atoms with van der Waals surface area (Å²) in [6, 6.07) is 11.6. The van der Waals surface area contributed by atoms with Crippen molar-refractivity contribution in [3.63, 3.8) is 0 Å². The summed E-state index contributed by atoms with van der Waals surface area (Å²) in [5, 5.41) is 8.25. The van der Waals surface area contributed by atoms with Crippen LogP contribution in [0.15, 0.2) is 62.5 Å². The molecular formula is C20H14BrFN4O2. The van der Waals surface area contributed by atoms with Gasteiger partial charge in [0.15, 0.2) is 5.69 Å². The van der Waals surface area contributed by atoms with Crippen LogP contribution in [-0.4, -0.2) is 19.9 Å². The van der Waals surface area contributed by atoms with E-state index >= 15 is 0 Å². The van der Waals surface area contributed by atoms with Crippen molar-refractivity contribution >= 4 is 15.9 Å². The van der Waals surface area contributed by atoms with Gasteiger partial charge in [-0.1, -0.05) is 11.2 Å². The molecule has 0 unspecified atom stereocenters. The summed E-state index contributed by atoms with van der Waals surface area (Å²) in [5.74, 6) is -0.161. The molecule has 0 saturated carbocycles. The Hall–Kier alpha value is -3.13. The van der Waals surface area contributed by atoms with Crippen LogP contribution < -0.4 is 5.43 Å². The molecule has 2 heterocycles. The lowest BCUT2D eigenvalue weighted by molar-refractivity contribution is 0.429. The molecule has 0 aliphatic carbocycles. The van der Waals surface area contributed by atoms with Crippen molar-refractivity contribution in [1.29, 1.82) is 0 Å². The molecule has 2 aromatic carbocycles. The molecule has 4 aromatic rings. The Morgan fingerprint density at radius 2 is 1.89 bits per heavy atom. The molecule has 140 valence electrons. The summed E-state index contributed by atoms with van der Waals surface area (Å²) in [5.41, 5.74) is 3.34. The van der Waals surface area contributed by atoms with Gasteiger partial charge in [-0.3, -0.25) is 4.79 Å². The molecule has 0 aliphatic rings. The van der Waals surface area contributed by atoms with E-state index in [1.54, 1.807) is 10.9 Å². The maximum atomic E-state index is 13.4. The third-order valence-electron chi connectivity index (χ3n) is 4.37. The lowest BCUT2D eigenvalue weighted by Crippen LogP contribution is -2.12. The highest BCUT2D eigenvalue weighted by molar-refractivity contribution is 9.10. The molecule has 0 atom stereocenters. The monoisotopic (exact) mass is 440 g/mol. The van der Waals surface area contributed by atoms with Crippen molar-refractivity contribution in [3.05, 3.63) is 80.3 Å². The Kier molecular flexibility index (Phi) is 4.64. The average Bonchev–Trinajstić information content (AvgIpc) is 3.16. The van der Waals surface area contributed by atoms with Crippen LogP contribution in [-0.2, 0) is 0 Å². The van der Waals surface area contributed by atoms with Crippen LogP contribution >= 0.6 is 15.9 Å². The lowest BCUT2D eigenvalue weighted by Gasteiger charge is -2.08. The predicted molar refractivity (Wildman–Crippen MR) is 106 cm³/mol. The van der Waals surface area contributed by atoms with E-state index in [-0.39, 0.29) is 27.3 Å². The summed E-state index contributed by atoms with van der Waals surface area (Å²) in [6.45, 7) is 4.03. The Morgan fingerprint density at radius 1 is 1.07 bits per heavy atom. The van der Waals surface area contributed by atoms with Crippen molar-refractivity contribution in [2.75, 3.05) is 0 Å². The van der Waals surface area contributed by atoms with Gasteiger partial charge < -0.3 is 4.52 Å². The Labute approximate surface area is 167 Å². The maximum Gasteiger partial charge on any atom is 0.282 e. The van der Waals surface area contributed by atoms with E-state index in [0.29, 0.717) is 5.56 Å². The van der Waals surface area contributed by atoms with Gasteiger partial charge in [-0.25, -0.2) is 9.07 Å². The smallest absolute Gasteiger partial charge is 0.282 e. The number of nitrogens with zero attached hydrogens (tertiary/aromatic N) is 4. The van der Waals surface area contributed by atoms with Crippen LogP contribution in [0.5, 0.6) is 0 Å². The summed E-state index contributed by atoms with van der Waals surface area (Å²) in [7, 11) is 0. The molecule has 0 spiro atoms. The first-order valence-electron chi connectivity index (χ1n) is 8.39. The standard InChI is InChI=1S/C20H14BrFN4O2/c1-11-3-5-14(9-12(11)2)26-8-7-17(27)18(24-26)20-23-19(25-28-20)13-4-6-16(22)15(21)10-13/h3-10H,1-2H3. The van der Waals surface area contributed by atoms with Gasteiger partial charge in [0, 0.05) is 17.8 Å². The number of aryl methyl sites for hydroxylation is 2. The first kappa shape index (κ1) is 18.2. The highest BCUT2D eigenvalue weighted by Crippen LogP contribution is 2.24. The molecule has 0 aliphatic heterocycles. The average molecular weight is 441 g/mol. The molecule has 4 rings (SSSR count). The second-order valence-electron chi connectivity index (χ2n) is 6.29. The van der Waals surface area contributed by atoms with Crippen LogP contribution in [0.3, 0.4) is 0 Å². The van der Waals surface area contributed by atoms with Gasteiger partial charge >= 0.3 is 0 Å². The molecule has 2 aromatic heterocycles. The number of benzene rings is 2. The summed E-state index contributed by atoms with van der Waals surface area (Å²) >= 11 is 3.13. The van der Waals surface area contributed by atoms with E-state index in [0.717, 1.165) is 16.8 Å². The summed E-state index contributed by atoms with van der Waals surface area (Å²) < 4.78 is 20.5. The van der Waals surface area contributed by atoms with Crippen LogP contribution in [0.4, 0.5) is 4.39 Å². The van der Waals surface area contributed by atoms with Gasteiger partial charge in [0.25, 0.3) is 5.89 Å². The Bertz CT molecular complexity index is 1250. The topological polar surface area (TPSA) is 73.8 Å². The van der Waals surface area contributed by atoms with Crippen LogP contribution in [0, 0.1) is 19.7 Å². The second-order valence-corrected chi connectivity index (χ2v) is 7.15. The van der Waals surface area contributed by atoms with Gasteiger partial charge in [-0.05, 0) is 71.2 Å². The zero-order valence-electron chi connectivity index (χ0n) is 15.0. The Morgan fingerprint density at radius 3 is 2.64 bits per heavy atom. The van der Waals surface area contributed by atoms with E-state index in [2.05, 4.69) is 31.2 Å². The minimum absolute atomic E-state index is 0.00127. The zero-order chi connectivity index (χ0) is 19.8. The van der Waals surface area contributed by atoms with Gasteiger partial charge in [-0.2, -0.15) is 10.1 Å². The van der Waals surface area contributed by atoms with Crippen LogP contribution in [0.25, 0.3) is 28.7 Å². The minimum Gasteiger partial charge on any atom is -0.332 e. The molecule has 8 heteroatoms. The van der Waals surface area contributed by atoms with Crippen molar-refractivity contribution in [2.45, 2.75) is 13.8 Å². The maximum absolute atomic E-state index is 13.4. The molecule has 0 amide bonds. The van der Waals surface area contributed by atoms with Crippen molar-refractivity contribution in [2.24, 2.45) is 0 Å². The molecule has 28 heavy (non-hydrogen) atoms. The molecule has 6 nitrogen and oxygen atoms in total. The highest BCUT2D eigenvalue weighted by atomic mass is 79.9. The van der Waals surface area contributed by atoms with Crippen molar-refractivity contribution in [1.82, 2.24) is 19.9 Å². The number of halogens is 2. The van der Waals surface area contributed by atoms with E-state index in [1.165, 1.54) is 24.3 Å². The largest absolute Gasteiger partial charge is 0.332 e. The minimum atomic E-state index is -0.395. The van der Waals surface area contributed by atoms with E-state index in [9.17, 15) is 9.18 Å². The van der Waals surface area contributed by atoms with Gasteiger partial charge in [-0.15, -0.1) is 0 Å². The number of rotatable bonds is 3. The molecule has 0 saturated heterocycles. The first-order valence-corrected chi connectivity index (χ1v) is 9.19. The fourth-order valence-electron chi connectivity index (χ4n) is 2.64. The highest BCUT2D eigenvalue weighted by Gasteiger charge is 2.17. The number of hydrogen-bond acceptors (Lipinski definition) is 5. The van der Waals surface area contributed by atoms with Crippen molar-refractivity contribution < 1.29 is 8.91 Å². The molecule has 0 bridgehead atoms. The van der Waals surface area contributed by atoms with E-state index in [4.69, 9.17) is 4.52 Å². The van der Waals surface area contributed by atoms with Gasteiger partial charge in [0.05, 0.1) is 10.2 Å². The lowest BCUT2D eigenvalue weighted by atomic mass is 10.1. The van der Waals surface area contributed by atoms with E-state index < -0.39 is 5.82 Å². The number of aromatic nitrogens is 4. The molecule has 0 radical (unpaired) electrons. The SMILES string of the molecule is Cc1ccc(-n2ccc(=O)c(-c3nc(-c4ccc(F)c(Br)c4)no3)n2)cc1C. The summed E-state index contributed by atoms with van der Waals surface area (Å²) in [4.78, 5) is 16.6. The molecule has 0 fully saturated rings. The van der Waals surface area contributed by atoms with Gasteiger partial charge in [0.1, 0.15) is 5.82 Å². The van der Waals surface area contributed by atoms with Crippen LogP contribution in [0.1, 0.15) is 11.1 Å². The van der Waals surface area contributed by atoms with E-state index in [1.807, 2.05) is 32.0 Å². The third kappa shape index (κ3) is 3.38. The number of hydrogen-bond donors (Lipinski definition) is 0. The molecule has 0 N–H and O–H groups in total. The van der Waals surface area contributed by atoms with Crippen LogP contribution in [0.2, 0.25) is 0 Å². The normalized spacial score (nSPS) is 11.0. The zero-order valence-corrected chi connectivity index (χ0v) is 16.6. The second kappa shape index (κ2) is 7.12. The quantitative estimate of drug-likeness (QED) is 0.469. The van der Waals surface area contributed by atoms with Crippen molar-refractivity contribution in [3.8, 4) is 28.7 Å². The summed E-state index contributed by atoms with van der Waals surface area (Å²) in [6.07, 6.45) is 1.59.